The van der Waals surface area contributed by atoms with Gasteiger partial charge in [-0.1, -0.05) is 13.0 Å². The molecule has 108 valence electrons. The van der Waals surface area contributed by atoms with Crippen LogP contribution in [-0.2, 0) is 4.74 Å². The average molecular weight is 293 g/mol. The summed E-state index contributed by atoms with van der Waals surface area (Å²) < 4.78 is 5.82. The Balaban J connectivity index is 1.85. The molecule has 0 saturated carbocycles. The number of rotatable bonds is 5. The summed E-state index contributed by atoms with van der Waals surface area (Å²) in [5.74, 6) is -0.00540. The molecule has 0 radical (unpaired) electrons. The summed E-state index contributed by atoms with van der Waals surface area (Å²) >= 11 is 1.57. The minimum Gasteiger partial charge on any atom is -0.478 e. The standard InChI is InChI=1S/C15H19NO3S/c1-2-20-13-5-3-4-10(14(13)15(17)18)16-11-8-9-6-7-12(11)19-9/h3-5,9,11-12,16H,2,6-8H2,1H3,(H,17,18). The van der Waals surface area contributed by atoms with Gasteiger partial charge in [0.15, 0.2) is 0 Å². The molecular formula is C15H19NO3S. The molecule has 2 aliphatic rings. The fraction of sp³-hybridized carbons (Fsp3) is 0.533. The second-order valence-electron chi connectivity index (χ2n) is 5.28. The molecule has 2 N–H and O–H groups in total. The van der Waals surface area contributed by atoms with Crippen molar-refractivity contribution in [2.45, 2.75) is 49.3 Å². The van der Waals surface area contributed by atoms with Gasteiger partial charge in [-0.3, -0.25) is 0 Å². The zero-order chi connectivity index (χ0) is 14.1. The number of thioether (sulfide) groups is 1. The van der Waals surface area contributed by atoms with Crippen LogP contribution >= 0.6 is 11.8 Å². The molecule has 1 aromatic rings. The second kappa shape index (κ2) is 5.66. The van der Waals surface area contributed by atoms with Crippen LogP contribution in [0, 0.1) is 0 Å². The number of hydrogen-bond donors (Lipinski definition) is 2. The molecule has 2 saturated heterocycles. The van der Waals surface area contributed by atoms with Crippen molar-refractivity contribution < 1.29 is 14.6 Å². The summed E-state index contributed by atoms with van der Waals surface area (Å²) in [6.07, 6.45) is 3.80. The van der Waals surface area contributed by atoms with Crippen molar-refractivity contribution >= 4 is 23.4 Å². The fourth-order valence-electron chi connectivity index (χ4n) is 3.14. The molecule has 4 nitrogen and oxygen atoms in total. The molecule has 3 unspecified atom stereocenters. The van der Waals surface area contributed by atoms with Gasteiger partial charge in [0.2, 0.25) is 0 Å². The lowest BCUT2D eigenvalue weighted by atomic mass is 9.95. The van der Waals surface area contributed by atoms with Crippen molar-refractivity contribution in [3.05, 3.63) is 23.8 Å². The van der Waals surface area contributed by atoms with Crippen LogP contribution in [0.2, 0.25) is 0 Å². The number of benzene rings is 1. The van der Waals surface area contributed by atoms with Crippen LogP contribution in [0.3, 0.4) is 0 Å². The van der Waals surface area contributed by atoms with Gasteiger partial charge in [-0.2, -0.15) is 0 Å². The van der Waals surface area contributed by atoms with E-state index < -0.39 is 5.97 Å². The number of carboxylic acid groups (broad SMARTS) is 1. The molecule has 20 heavy (non-hydrogen) atoms. The third kappa shape index (κ3) is 2.52. The van der Waals surface area contributed by atoms with Crippen molar-refractivity contribution in [2.75, 3.05) is 11.1 Å². The van der Waals surface area contributed by atoms with Crippen molar-refractivity contribution in [1.29, 1.82) is 0 Å². The summed E-state index contributed by atoms with van der Waals surface area (Å²) in [5.41, 5.74) is 1.11. The normalized spacial score (nSPS) is 27.8. The summed E-state index contributed by atoms with van der Waals surface area (Å²) in [4.78, 5) is 12.4. The Labute approximate surface area is 122 Å². The van der Waals surface area contributed by atoms with Crippen LogP contribution in [0.1, 0.15) is 36.5 Å². The van der Waals surface area contributed by atoms with Crippen molar-refractivity contribution in [1.82, 2.24) is 0 Å². The van der Waals surface area contributed by atoms with Crippen LogP contribution in [0.25, 0.3) is 0 Å². The zero-order valence-corrected chi connectivity index (χ0v) is 12.3. The number of anilines is 1. The van der Waals surface area contributed by atoms with E-state index in [1.165, 1.54) is 0 Å². The van der Waals surface area contributed by atoms with Crippen LogP contribution in [0.4, 0.5) is 5.69 Å². The van der Waals surface area contributed by atoms with Crippen molar-refractivity contribution in [3.63, 3.8) is 0 Å². The molecule has 2 aliphatic heterocycles. The number of carbonyl (C=O) groups is 1. The molecule has 2 bridgehead atoms. The smallest absolute Gasteiger partial charge is 0.338 e. The van der Waals surface area contributed by atoms with Crippen LogP contribution < -0.4 is 5.32 Å². The minimum absolute atomic E-state index is 0.240. The molecule has 2 fully saturated rings. The number of aromatic carboxylic acids is 1. The van der Waals surface area contributed by atoms with E-state index in [-0.39, 0.29) is 12.1 Å². The summed E-state index contributed by atoms with van der Waals surface area (Å²) in [6.45, 7) is 2.03. The topological polar surface area (TPSA) is 58.6 Å². The molecular weight excluding hydrogens is 274 g/mol. The van der Waals surface area contributed by atoms with E-state index in [0.29, 0.717) is 11.7 Å². The van der Waals surface area contributed by atoms with E-state index in [9.17, 15) is 9.90 Å². The van der Waals surface area contributed by atoms with Gasteiger partial charge in [0, 0.05) is 4.90 Å². The number of carboxylic acids is 1. The number of ether oxygens (including phenoxy) is 1. The largest absolute Gasteiger partial charge is 0.478 e. The minimum atomic E-state index is -0.867. The first-order chi connectivity index (χ1) is 9.69. The van der Waals surface area contributed by atoms with Gasteiger partial charge in [0.25, 0.3) is 0 Å². The highest BCUT2D eigenvalue weighted by atomic mass is 32.2. The number of nitrogens with one attached hydrogen (secondary N) is 1. The summed E-state index contributed by atoms with van der Waals surface area (Å²) in [5, 5.41) is 12.9. The van der Waals surface area contributed by atoms with Crippen LogP contribution in [0.15, 0.2) is 23.1 Å². The predicted octanol–water partition coefficient (Wildman–Crippen LogP) is 3.23. The first-order valence-corrected chi connectivity index (χ1v) is 8.08. The van der Waals surface area contributed by atoms with Gasteiger partial charge in [-0.05, 0) is 37.1 Å². The van der Waals surface area contributed by atoms with Crippen molar-refractivity contribution in [3.8, 4) is 0 Å². The number of hydrogen-bond acceptors (Lipinski definition) is 4. The Morgan fingerprint density at radius 1 is 1.50 bits per heavy atom. The molecule has 1 aromatic carbocycles. The first kappa shape index (κ1) is 13.8. The average Bonchev–Trinajstić information content (AvgIpc) is 3.01. The molecule has 0 spiro atoms. The molecule has 5 heteroatoms. The maximum atomic E-state index is 11.6. The van der Waals surface area contributed by atoms with Gasteiger partial charge in [0.1, 0.15) is 0 Å². The Bertz CT molecular complexity index is 520. The second-order valence-corrected chi connectivity index (χ2v) is 6.58. The van der Waals surface area contributed by atoms with Crippen LogP contribution in [-0.4, -0.2) is 35.1 Å². The molecule has 3 atom stereocenters. The van der Waals surface area contributed by atoms with Crippen LogP contribution in [0.5, 0.6) is 0 Å². The Kier molecular flexibility index (Phi) is 3.89. The van der Waals surface area contributed by atoms with E-state index in [0.717, 1.165) is 35.6 Å². The lowest BCUT2D eigenvalue weighted by molar-refractivity contribution is 0.0694. The number of fused-ring (bicyclic) bond motifs is 2. The highest BCUT2D eigenvalue weighted by Crippen LogP contribution is 2.37. The summed E-state index contributed by atoms with van der Waals surface area (Å²) in [6, 6.07) is 5.89. The molecule has 2 heterocycles. The van der Waals surface area contributed by atoms with E-state index in [2.05, 4.69) is 5.32 Å². The Hall–Kier alpha value is -1.20. The molecule has 0 aliphatic carbocycles. The van der Waals surface area contributed by atoms with Gasteiger partial charge >= 0.3 is 5.97 Å². The lowest BCUT2D eigenvalue weighted by Crippen LogP contribution is -2.31. The molecule has 0 aromatic heterocycles. The Morgan fingerprint density at radius 3 is 2.95 bits per heavy atom. The van der Waals surface area contributed by atoms with Gasteiger partial charge < -0.3 is 15.2 Å². The maximum absolute atomic E-state index is 11.6. The highest BCUT2D eigenvalue weighted by molar-refractivity contribution is 7.99. The maximum Gasteiger partial charge on any atom is 0.338 e. The molecule has 0 amide bonds. The SMILES string of the molecule is CCSc1cccc(NC2CC3CCC2O3)c1C(=O)O. The van der Waals surface area contributed by atoms with Gasteiger partial charge in [-0.25, -0.2) is 4.79 Å². The zero-order valence-electron chi connectivity index (χ0n) is 11.5. The van der Waals surface area contributed by atoms with Gasteiger partial charge in [-0.15, -0.1) is 11.8 Å². The van der Waals surface area contributed by atoms with E-state index in [1.807, 2.05) is 25.1 Å². The highest BCUT2D eigenvalue weighted by Gasteiger charge is 2.41. The predicted molar refractivity (Wildman–Crippen MR) is 79.7 cm³/mol. The fourth-order valence-corrected chi connectivity index (χ4v) is 3.96. The first-order valence-electron chi connectivity index (χ1n) is 7.10. The lowest BCUT2D eigenvalue weighted by Gasteiger charge is -2.23. The van der Waals surface area contributed by atoms with Crippen molar-refractivity contribution in [2.24, 2.45) is 0 Å². The van der Waals surface area contributed by atoms with Gasteiger partial charge in [0.05, 0.1) is 29.5 Å². The van der Waals surface area contributed by atoms with E-state index in [4.69, 9.17) is 4.74 Å². The quantitative estimate of drug-likeness (QED) is 0.816. The molecule has 3 rings (SSSR count). The third-order valence-electron chi connectivity index (χ3n) is 3.99. The third-order valence-corrected chi connectivity index (χ3v) is 4.93. The Morgan fingerprint density at radius 2 is 2.35 bits per heavy atom. The van der Waals surface area contributed by atoms with E-state index in [1.54, 1.807) is 11.8 Å². The van der Waals surface area contributed by atoms with E-state index >= 15 is 0 Å². The summed E-state index contributed by atoms with van der Waals surface area (Å²) in [7, 11) is 0. The monoisotopic (exact) mass is 293 g/mol.